The van der Waals surface area contributed by atoms with Gasteiger partial charge in [0.15, 0.2) is 5.96 Å². The van der Waals surface area contributed by atoms with Crippen LogP contribution in [0.15, 0.2) is 40.0 Å². The van der Waals surface area contributed by atoms with Crippen LogP contribution >= 0.6 is 35.3 Å². The van der Waals surface area contributed by atoms with Gasteiger partial charge in [-0.3, -0.25) is 0 Å². The molecule has 2 N–H and O–H groups in total. The van der Waals surface area contributed by atoms with E-state index < -0.39 is 0 Å². The molecule has 3 rings (SSSR count). The fourth-order valence-electron chi connectivity index (χ4n) is 3.38. The quantitative estimate of drug-likeness (QED) is 0.335. The van der Waals surface area contributed by atoms with Crippen LogP contribution in [0.2, 0.25) is 0 Å². The van der Waals surface area contributed by atoms with E-state index in [1.165, 1.54) is 5.56 Å². The number of thiophene rings is 1. The topological polar surface area (TPSA) is 51.1 Å². The Kier molecular flexibility index (Phi) is 9.64. The molecule has 0 bridgehead atoms. The first-order valence-corrected chi connectivity index (χ1v) is 10.7. The SMILES string of the molecule is CCNC(=NCc1ccc(N2CCC(O)CC2)c(F)c1)N(C)Cc1ccsc1.I. The van der Waals surface area contributed by atoms with Gasteiger partial charge in [-0.05, 0) is 59.9 Å². The predicted molar refractivity (Wildman–Crippen MR) is 130 cm³/mol. The van der Waals surface area contributed by atoms with Crippen molar-refractivity contribution in [2.24, 2.45) is 4.99 Å². The highest BCUT2D eigenvalue weighted by Crippen LogP contribution is 2.24. The molecule has 1 fully saturated rings. The summed E-state index contributed by atoms with van der Waals surface area (Å²) in [5.74, 6) is 0.587. The molecule has 0 spiro atoms. The van der Waals surface area contributed by atoms with Gasteiger partial charge in [0.05, 0.1) is 18.3 Å². The molecule has 1 aliphatic rings. The van der Waals surface area contributed by atoms with Crippen molar-refractivity contribution in [1.29, 1.82) is 0 Å². The fourth-order valence-corrected chi connectivity index (χ4v) is 4.04. The molecule has 1 aliphatic heterocycles. The van der Waals surface area contributed by atoms with Crippen molar-refractivity contribution >= 4 is 47.0 Å². The third-order valence-corrected chi connectivity index (χ3v) is 5.66. The number of aliphatic hydroxyl groups excluding tert-OH is 1. The molecular formula is C21H30FIN4OS. The minimum atomic E-state index is -0.261. The van der Waals surface area contributed by atoms with Gasteiger partial charge in [-0.1, -0.05) is 6.07 Å². The van der Waals surface area contributed by atoms with Gasteiger partial charge in [0, 0.05) is 33.2 Å². The molecule has 1 aromatic heterocycles. The van der Waals surface area contributed by atoms with Crippen molar-refractivity contribution in [2.45, 2.75) is 39.0 Å². The lowest BCUT2D eigenvalue weighted by Gasteiger charge is -2.31. The van der Waals surface area contributed by atoms with Crippen LogP contribution in [0.1, 0.15) is 30.9 Å². The number of halogens is 2. The normalized spacial score (nSPS) is 15.2. The number of benzene rings is 1. The molecule has 1 saturated heterocycles. The first-order valence-electron chi connectivity index (χ1n) is 9.78. The number of anilines is 1. The maximum absolute atomic E-state index is 14.6. The van der Waals surface area contributed by atoms with Crippen LogP contribution in [-0.2, 0) is 13.1 Å². The van der Waals surface area contributed by atoms with Gasteiger partial charge in [0.25, 0.3) is 0 Å². The molecule has 2 heterocycles. The van der Waals surface area contributed by atoms with Gasteiger partial charge < -0.3 is 20.2 Å². The molecule has 0 unspecified atom stereocenters. The minimum Gasteiger partial charge on any atom is -0.393 e. The second-order valence-corrected chi connectivity index (χ2v) is 7.94. The summed E-state index contributed by atoms with van der Waals surface area (Å²) in [7, 11) is 2.01. The Bertz CT molecular complexity index is 779. The largest absolute Gasteiger partial charge is 0.393 e. The first kappa shape index (κ1) is 23.9. The smallest absolute Gasteiger partial charge is 0.194 e. The maximum atomic E-state index is 14.6. The molecule has 2 aromatic rings. The van der Waals surface area contributed by atoms with E-state index in [0.29, 0.717) is 38.2 Å². The van der Waals surface area contributed by atoms with E-state index in [1.54, 1.807) is 17.4 Å². The van der Waals surface area contributed by atoms with Crippen molar-refractivity contribution in [3.05, 3.63) is 52.0 Å². The van der Waals surface area contributed by atoms with Crippen molar-refractivity contribution in [1.82, 2.24) is 10.2 Å². The van der Waals surface area contributed by atoms with Gasteiger partial charge in [-0.25, -0.2) is 9.38 Å². The number of piperidine rings is 1. The van der Waals surface area contributed by atoms with E-state index in [1.807, 2.05) is 31.0 Å². The highest BCUT2D eigenvalue weighted by molar-refractivity contribution is 14.0. The Balaban J connectivity index is 0.00000300. The second-order valence-electron chi connectivity index (χ2n) is 7.16. The highest BCUT2D eigenvalue weighted by atomic mass is 127. The molecule has 29 heavy (non-hydrogen) atoms. The Morgan fingerprint density at radius 3 is 2.69 bits per heavy atom. The molecule has 5 nitrogen and oxygen atoms in total. The number of nitrogens with zero attached hydrogens (tertiary/aromatic N) is 3. The van der Waals surface area contributed by atoms with E-state index in [9.17, 15) is 9.50 Å². The predicted octanol–water partition coefficient (Wildman–Crippen LogP) is 4.06. The summed E-state index contributed by atoms with van der Waals surface area (Å²) in [5, 5.41) is 17.1. The lowest BCUT2D eigenvalue weighted by molar-refractivity contribution is 0.145. The van der Waals surface area contributed by atoms with Crippen LogP contribution in [-0.4, -0.2) is 48.8 Å². The summed E-state index contributed by atoms with van der Waals surface area (Å²) in [6.45, 7) is 5.40. The van der Waals surface area contributed by atoms with Crippen molar-refractivity contribution in [2.75, 3.05) is 31.6 Å². The summed E-state index contributed by atoms with van der Waals surface area (Å²) < 4.78 is 14.6. The summed E-state index contributed by atoms with van der Waals surface area (Å²) in [6.07, 6.45) is 1.12. The van der Waals surface area contributed by atoms with E-state index in [0.717, 1.165) is 24.6 Å². The number of hydrogen-bond acceptors (Lipinski definition) is 4. The summed E-state index contributed by atoms with van der Waals surface area (Å²) in [4.78, 5) is 8.77. The number of aliphatic imine (C=N–C) groups is 1. The Morgan fingerprint density at radius 2 is 2.07 bits per heavy atom. The molecule has 8 heteroatoms. The van der Waals surface area contributed by atoms with Crippen molar-refractivity contribution in [3.8, 4) is 0 Å². The van der Waals surface area contributed by atoms with Crippen LogP contribution < -0.4 is 10.2 Å². The third kappa shape index (κ3) is 6.82. The van der Waals surface area contributed by atoms with Gasteiger partial charge in [0.1, 0.15) is 5.82 Å². The molecule has 160 valence electrons. The molecular weight excluding hydrogens is 502 g/mol. The zero-order valence-corrected chi connectivity index (χ0v) is 20.1. The summed E-state index contributed by atoms with van der Waals surface area (Å²) in [6, 6.07) is 7.46. The van der Waals surface area contributed by atoms with Gasteiger partial charge >= 0.3 is 0 Å². The average Bonchev–Trinajstić information content (AvgIpc) is 3.19. The lowest BCUT2D eigenvalue weighted by Crippen LogP contribution is -2.38. The molecule has 0 radical (unpaired) electrons. The highest BCUT2D eigenvalue weighted by Gasteiger charge is 2.19. The molecule has 0 saturated carbocycles. The number of hydrogen-bond donors (Lipinski definition) is 2. The average molecular weight is 532 g/mol. The van der Waals surface area contributed by atoms with Crippen LogP contribution in [0.25, 0.3) is 0 Å². The van der Waals surface area contributed by atoms with Gasteiger partial charge in [-0.15, -0.1) is 24.0 Å². The number of rotatable bonds is 6. The van der Waals surface area contributed by atoms with Crippen LogP contribution in [0, 0.1) is 5.82 Å². The van der Waals surface area contributed by atoms with Gasteiger partial charge in [-0.2, -0.15) is 11.3 Å². The molecule has 0 amide bonds. The first-order chi connectivity index (χ1) is 13.6. The standard InChI is InChI=1S/C21H29FN4OS.HI/c1-3-23-21(25(2)14-17-8-11-28-15-17)24-13-16-4-5-20(19(22)12-16)26-9-6-18(27)7-10-26;/h4-5,8,11-12,15,18,27H,3,6-7,9-10,13-14H2,1-2H3,(H,23,24);1H. The summed E-state index contributed by atoms with van der Waals surface area (Å²) in [5.41, 5.74) is 2.71. The minimum absolute atomic E-state index is 0. The van der Waals surface area contributed by atoms with Crippen LogP contribution in [0.5, 0.6) is 0 Å². The Hall–Kier alpha value is -1.39. The Morgan fingerprint density at radius 1 is 1.31 bits per heavy atom. The van der Waals surface area contributed by atoms with E-state index in [2.05, 4.69) is 32.0 Å². The molecule has 0 aliphatic carbocycles. The monoisotopic (exact) mass is 532 g/mol. The number of aliphatic hydroxyl groups is 1. The number of nitrogens with one attached hydrogen (secondary N) is 1. The zero-order valence-electron chi connectivity index (χ0n) is 17.0. The maximum Gasteiger partial charge on any atom is 0.194 e. The molecule has 0 atom stereocenters. The number of guanidine groups is 1. The van der Waals surface area contributed by atoms with Crippen LogP contribution in [0.4, 0.5) is 10.1 Å². The van der Waals surface area contributed by atoms with E-state index in [-0.39, 0.29) is 35.9 Å². The van der Waals surface area contributed by atoms with Crippen LogP contribution in [0.3, 0.4) is 0 Å². The van der Waals surface area contributed by atoms with Gasteiger partial charge in [0.2, 0.25) is 0 Å². The lowest BCUT2D eigenvalue weighted by atomic mass is 10.1. The van der Waals surface area contributed by atoms with Crippen molar-refractivity contribution < 1.29 is 9.50 Å². The second kappa shape index (κ2) is 11.7. The third-order valence-electron chi connectivity index (χ3n) is 4.92. The Labute approximate surface area is 193 Å². The van der Waals surface area contributed by atoms with E-state index >= 15 is 0 Å². The zero-order chi connectivity index (χ0) is 19.9. The summed E-state index contributed by atoms with van der Waals surface area (Å²) >= 11 is 1.69. The van der Waals surface area contributed by atoms with Crippen molar-refractivity contribution in [3.63, 3.8) is 0 Å². The molecule has 1 aromatic carbocycles. The fraction of sp³-hybridized carbons (Fsp3) is 0.476. The van der Waals surface area contributed by atoms with E-state index in [4.69, 9.17) is 0 Å².